The van der Waals surface area contributed by atoms with E-state index in [9.17, 15) is 9.90 Å². The minimum Gasteiger partial charge on any atom is -0.506 e. The Morgan fingerprint density at radius 2 is 2.00 bits per heavy atom. The number of nitrogens with one attached hydrogen (secondary N) is 1. The van der Waals surface area contributed by atoms with Crippen molar-refractivity contribution in [2.45, 2.75) is 19.9 Å². The first kappa shape index (κ1) is 18.6. The fourth-order valence-corrected chi connectivity index (χ4v) is 1.79. The van der Waals surface area contributed by atoms with Crippen LogP contribution in [0.1, 0.15) is 24.2 Å². The van der Waals surface area contributed by atoms with E-state index in [0.717, 1.165) is 0 Å². The van der Waals surface area contributed by atoms with E-state index in [1.807, 2.05) is 13.8 Å². The van der Waals surface area contributed by atoms with Crippen LogP contribution in [-0.2, 0) is 0 Å². The second-order valence-electron chi connectivity index (χ2n) is 4.49. The first-order valence-corrected chi connectivity index (χ1v) is 5.93. The Labute approximate surface area is 130 Å². The first-order chi connectivity index (χ1) is 8.59. The molecule has 0 saturated heterocycles. The predicted molar refractivity (Wildman–Crippen MR) is 85.4 cm³/mol. The quantitative estimate of drug-likeness (QED) is 0.851. The van der Waals surface area contributed by atoms with Gasteiger partial charge in [-0.05, 0) is 18.2 Å². The second kappa shape index (κ2) is 8.04. The normalized spacial score (nSPS) is 9.95. The van der Waals surface area contributed by atoms with Crippen LogP contribution in [0.2, 0.25) is 0 Å². The van der Waals surface area contributed by atoms with Gasteiger partial charge in [0.05, 0.1) is 6.54 Å². The number of phenols is 1. The van der Waals surface area contributed by atoms with E-state index in [2.05, 4.69) is 10.3 Å². The number of hydrogen-bond acceptors (Lipinski definition) is 4. The third kappa shape index (κ3) is 4.07. The summed E-state index contributed by atoms with van der Waals surface area (Å²) in [6.07, 6.45) is 1.60. The number of nitrogens with zero attached hydrogens (tertiary/aromatic N) is 1. The number of carbonyl (C=O) groups is 1. The lowest BCUT2D eigenvalue weighted by atomic mass is 10.0. The molecule has 20 heavy (non-hydrogen) atoms. The van der Waals surface area contributed by atoms with Crippen LogP contribution in [0, 0.1) is 0 Å². The molecular formula is C14H18Cl2N2O2. The van der Waals surface area contributed by atoms with Crippen molar-refractivity contribution < 1.29 is 9.90 Å². The minimum absolute atomic E-state index is 0. The van der Waals surface area contributed by atoms with Crippen molar-refractivity contribution in [3.05, 3.63) is 36.0 Å². The molecule has 0 radical (unpaired) electrons. The predicted octanol–water partition coefficient (Wildman–Crippen LogP) is 2.96. The van der Waals surface area contributed by atoms with Crippen LogP contribution in [0.3, 0.4) is 0 Å². The van der Waals surface area contributed by atoms with Gasteiger partial charge in [0.25, 0.3) is 0 Å². The lowest BCUT2D eigenvalue weighted by Crippen LogP contribution is -2.29. The number of Topliss-reactive ketones (excluding diaryl/α,β-unsaturated/α-hetero) is 1. The van der Waals surface area contributed by atoms with Crippen LogP contribution < -0.4 is 5.32 Å². The fourth-order valence-electron chi connectivity index (χ4n) is 1.79. The Bertz CT molecular complexity index is 588. The summed E-state index contributed by atoms with van der Waals surface area (Å²) < 4.78 is 0. The van der Waals surface area contributed by atoms with Gasteiger partial charge in [-0.25, -0.2) is 0 Å². The van der Waals surface area contributed by atoms with Gasteiger partial charge in [-0.2, -0.15) is 0 Å². The van der Waals surface area contributed by atoms with Crippen LogP contribution in [0.5, 0.6) is 5.75 Å². The summed E-state index contributed by atoms with van der Waals surface area (Å²) in [5, 5.41) is 13.5. The van der Waals surface area contributed by atoms with E-state index in [4.69, 9.17) is 0 Å². The number of aromatic hydroxyl groups is 1. The zero-order valence-electron chi connectivity index (χ0n) is 11.3. The highest BCUT2D eigenvalue weighted by atomic mass is 35.5. The van der Waals surface area contributed by atoms with Gasteiger partial charge in [-0.3, -0.25) is 9.78 Å². The average Bonchev–Trinajstić information content (AvgIpc) is 2.37. The van der Waals surface area contributed by atoms with Crippen LogP contribution in [0.4, 0.5) is 0 Å². The minimum atomic E-state index is 0. The molecule has 2 N–H and O–H groups in total. The number of fused-ring (bicyclic) bond motifs is 1. The maximum Gasteiger partial charge on any atom is 0.177 e. The lowest BCUT2D eigenvalue weighted by Gasteiger charge is -2.09. The van der Waals surface area contributed by atoms with Crippen molar-refractivity contribution in [3.63, 3.8) is 0 Å². The number of aromatic nitrogens is 1. The number of carbonyl (C=O) groups excluding carboxylic acids is 1. The summed E-state index contributed by atoms with van der Waals surface area (Å²) in [5.41, 5.74) is 1.05. The smallest absolute Gasteiger partial charge is 0.177 e. The number of pyridine rings is 1. The molecule has 0 amide bonds. The van der Waals surface area contributed by atoms with Crippen molar-refractivity contribution in [3.8, 4) is 5.75 Å². The van der Waals surface area contributed by atoms with E-state index in [0.29, 0.717) is 16.5 Å². The highest BCUT2D eigenvalue weighted by Crippen LogP contribution is 2.25. The lowest BCUT2D eigenvalue weighted by molar-refractivity contribution is 0.0990. The van der Waals surface area contributed by atoms with Crippen molar-refractivity contribution in [2.75, 3.05) is 6.54 Å². The molecule has 0 atom stereocenters. The molecule has 1 aromatic carbocycles. The molecule has 2 rings (SSSR count). The number of rotatable bonds is 4. The molecular weight excluding hydrogens is 299 g/mol. The zero-order valence-corrected chi connectivity index (χ0v) is 12.9. The van der Waals surface area contributed by atoms with Gasteiger partial charge in [-0.15, -0.1) is 24.8 Å². The Balaban J connectivity index is 0.00000180. The van der Waals surface area contributed by atoms with Gasteiger partial charge in [-0.1, -0.05) is 19.9 Å². The Hall–Kier alpha value is -1.36. The van der Waals surface area contributed by atoms with Crippen molar-refractivity contribution in [1.82, 2.24) is 10.3 Å². The summed E-state index contributed by atoms with van der Waals surface area (Å²) in [4.78, 5) is 16.2. The molecule has 0 fully saturated rings. The number of benzene rings is 1. The molecule has 0 aliphatic carbocycles. The summed E-state index contributed by atoms with van der Waals surface area (Å²) >= 11 is 0. The summed E-state index contributed by atoms with van der Waals surface area (Å²) in [7, 11) is 0. The van der Waals surface area contributed by atoms with Gasteiger partial charge >= 0.3 is 0 Å². The highest BCUT2D eigenvalue weighted by Gasteiger charge is 2.12. The molecule has 6 heteroatoms. The third-order valence-corrected chi connectivity index (χ3v) is 2.72. The Kier molecular flexibility index (Phi) is 7.50. The van der Waals surface area contributed by atoms with Crippen molar-refractivity contribution in [2.24, 2.45) is 0 Å². The number of hydrogen-bond donors (Lipinski definition) is 2. The van der Waals surface area contributed by atoms with Crippen molar-refractivity contribution >= 4 is 41.5 Å². The molecule has 2 aromatic rings. The van der Waals surface area contributed by atoms with Gasteiger partial charge in [0.1, 0.15) is 11.3 Å². The van der Waals surface area contributed by atoms with E-state index in [-0.39, 0.29) is 48.9 Å². The highest BCUT2D eigenvalue weighted by molar-refractivity contribution is 6.09. The van der Waals surface area contributed by atoms with Gasteiger partial charge in [0, 0.05) is 23.2 Å². The zero-order chi connectivity index (χ0) is 13.1. The molecule has 1 heterocycles. The maximum atomic E-state index is 12.1. The number of phenolic OH excluding ortho intramolecular Hbond substituents is 1. The molecule has 0 bridgehead atoms. The van der Waals surface area contributed by atoms with Gasteiger partial charge in [0.2, 0.25) is 0 Å². The second-order valence-corrected chi connectivity index (χ2v) is 4.49. The van der Waals surface area contributed by atoms with Crippen LogP contribution in [-0.4, -0.2) is 28.5 Å². The summed E-state index contributed by atoms with van der Waals surface area (Å²) in [5.74, 6) is 0.0978. The monoisotopic (exact) mass is 316 g/mol. The topological polar surface area (TPSA) is 62.2 Å². The van der Waals surface area contributed by atoms with E-state index in [1.54, 1.807) is 24.4 Å². The molecule has 1 aromatic heterocycles. The third-order valence-electron chi connectivity index (χ3n) is 2.72. The number of ketones is 1. The molecule has 110 valence electrons. The Morgan fingerprint density at radius 3 is 2.65 bits per heavy atom. The van der Waals surface area contributed by atoms with Crippen LogP contribution in [0.15, 0.2) is 30.5 Å². The molecule has 0 spiro atoms. The van der Waals surface area contributed by atoms with Gasteiger partial charge in [0.15, 0.2) is 5.78 Å². The van der Waals surface area contributed by atoms with E-state index >= 15 is 0 Å². The SMILES string of the molecule is CC(C)NCC(=O)c1ccc(O)c2ncccc12.Cl.Cl. The van der Waals surface area contributed by atoms with Gasteiger partial charge < -0.3 is 10.4 Å². The molecule has 0 aliphatic heterocycles. The largest absolute Gasteiger partial charge is 0.506 e. The van der Waals surface area contributed by atoms with Crippen LogP contribution in [0.25, 0.3) is 10.9 Å². The first-order valence-electron chi connectivity index (χ1n) is 5.93. The molecule has 0 aliphatic rings. The Morgan fingerprint density at radius 1 is 1.30 bits per heavy atom. The standard InChI is InChI=1S/C14H16N2O2.2ClH/c1-9(2)16-8-13(18)10-5-6-12(17)14-11(10)4-3-7-15-14;;/h3-7,9,16-17H,8H2,1-2H3;2*1H. The molecule has 0 unspecified atom stereocenters. The van der Waals surface area contributed by atoms with Crippen molar-refractivity contribution in [1.29, 1.82) is 0 Å². The summed E-state index contributed by atoms with van der Waals surface area (Å²) in [6.45, 7) is 4.26. The van der Waals surface area contributed by atoms with Crippen LogP contribution >= 0.6 is 24.8 Å². The van der Waals surface area contributed by atoms with E-state index < -0.39 is 0 Å². The maximum absolute atomic E-state index is 12.1. The molecule has 0 saturated carbocycles. The van der Waals surface area contributed by atoms with E-state index in [1.165, 1.54) is 6.07 Å². The average molecular weight is 317 g/mol. The number of halogens is 2. The fraction of sp³-hybridized carbons (Fsp3) is 0.286. The molecule has 4 nitrogen and oxygen atoms in total. The summed E-state index contributed by atoms with van der Waals surface area (Å²) in [6, 6.07) is 6.97.